The molecule has 4 nitrogen and oxygen atoms in total. The maximum atomic E-state index is 12.1. The van der Waals surface area contributed by atoms with Crippen LogP contribution in [0.5, 0.6) is 0 Å². The smallest absolute Gasteiger partial charge is 0.242 e. The molecule has 0 aromatic heterocycles. The molecule has 1 amide bonds. The normalized spacial score (nSPS) is 19.3. The van der Waals surface area contributed by atoms with Gasteiger partial charge < -0.3 is 10.2 Å². The SMILES string of the molecule is CCNC(C)(C)C(=O)N1CCS(=O)CC1. The van der Waals surface area contributed by atoms with E-state index in [4.69, 9.17) is 0 Å². The Balaban J connectivity index is 2.56. The Labute approximate surface area is 93.9 Å². The average Bonchev–Trinajstić information content (AvgIpc) is 2.18. The number of carbonyl (C=O) groups is 1. The molecular formula is C10H20N2O2S. The lowest BCUT2D eigenvalue weighted by atomic mass is 10.0. The summed E-state index contributed by atoms with van der Waals surface area (Å²) in [5.74, 6) is 1.35. The molecule has 1 aliphatic heterocycles. The number of rotatable bonds is 3. The average molecular weight is 232 g/mol. The lowest BCUT2D eigenvalue weighted by Crippen LogP contribution is -2.56. The topological polar surface area (TPSA) is 49.4 Å². The molecule has 0 saturated carbocycles. The first-order chi connectivity index (χ1) is 6.97. The maximum Gasteiger partial charge on any atom is 0.242 e. The minimum absolute atomic E-state index is 0.112. The first kappa shape index (κ1) is 12.6. The number of likely N-dealkylation sites (N-methyl/N-ethyl adjacent to an activating group) is 1. The van der Waals surface area contributed by atoms with Gasteiger partial charge in [0.15, 0.2) is 0 Å². The summed E-state index contributed by atoms with van der Waals surface area (Å²) in [6, 6.07) is 0. The third-order valence-electron chi connectivity index (χ3n) is 2.62. The van der Waals surface area contributed by atoms with Crippen molar-refractivity contribution in [3.8, 4) is 0 Å². The van der Waals surface area contributed by atoms with Gasteiger partial charge in [0, 0.05) is 35.4 Å². The Morgan fingerprint density at radius 3 is 2.40 bits per heavy atom. The first-order valence-electron chi connectivity index (χ1n) is 5.36. The van der Waals surface area contributed by atoms with Crippen LogP contribution in [0, 0.1) is 0 Å². The van der Waals surface area contributed by atoms with Crippen LogP contribution in [0.1, 0.15) is 20.8 Å². The third-order valence-corrected chi connectivity index (χ3v) is 3.89. The van der Waals surface area contributed by atoms with Crippen LogP contribution in [-0.4, -0.2) is 51.7 Å². The van der Waals surface area contributed by atoms with E-state index in [0.717, 1.165) is 6.54 Å². The van der Waals surface area contributed by atoms with Crippen molar-refractivity contribution in [2.75, 3.05) is 31.1 Å². The van der Waals surface area contributed by atoms with Crippen molar-refractivity contribution in [3.63, 3.8) is 0 Å². The van der Waals surface area contributed by atoms with Crippen LogP contribution in [-0.2, 0) is 15.6 Å². The van der Waals surface area contributed by atoms with E-state index in [1.165, 1.54) is 0 Å². The molecule has 0 atom stereocenters. The Bertz CT molecular complexity index is 256. The standard InChI is InChI=1S/C10H20N2O2S/c1-4-11-10(2,3)9(13)12-5-7-15(14)8-6-12/h11H,4-8H2,1-3H3. The van der Waals surface area contributed by atoms with E-state index in [0.29, 0.717) is 24.6 Å². The molecule has 0 spiro atoms. The number of nitrogens with one attached hydrogen (secondary N) is 1. The van der Waals surface area contributed by atoms with Crippen LogP contribution in [0.25, 0.3) is 0 Å². The summed E-state index contributed by atoms with van der Waals surface area (Å²) in [4.78, 5) is 13.9. The number of amides is 1. The van der Waals surface area contributed by atoms with Crippen molar-refractivity contribution in [3.05, 3.63) is 0 Å². The monoisotopic (exact) mass is 232 g/mol. The van der Waals surface area contributed by atoms with Gasteiger partial charge in [-0.15, -0.1) is 0 Å². The minimum atomic E-state index is -0.722. The summed E-state index contributed by atoms with van der Waals surface area (Å²) in [6.45, 7) is 7.80. The summed E-state index contributed by atoms with van der Waals surface area (Å²) >= 11 is 0. The van der Waals surface area contributed by atoms with Crippen molar-refractivity contribution in [1.82, 2.24) is 10.2 Å². The molecule has 0 radical (unpaired) electrons. The van der Waals surface area contributed by atoms with Gasteiger partial charge in [-0.2, -0.15) is 0 Å². The predicted octanol–water partition coefficient (Wildman–Crippen LogP) is -0.0346. The van der Waals surface area contributed by atoms with Gasteiger partial charge in [-0.1, -0.05) is 6.92 Å². The van der Waals surface area contributed by atoms with E-state index < -0.39 is 16.3 Å². The fourth-order valence-electron chi connectivity index (χ4n) is 1.75. The van der Waals surface area contributed by atoms with Gasteiger partial charge in [0.25, 0.3) is 0 Å². The molecule has 1 heterocycles. The zero-order valence-corrected chi connectivity index (χ0v) is 10.5. The molecule has 1 N–H and O–H groups in total. The van der Waals surface area contributed by atoms with Crippen LogP contribution in [0.4, 0.5) is 0 Å². The van der Waals surface area contributed by atoms with E-state index in [2.05, 4.69) is 5.32 Å². The number of hydrogen-bond acceptors (Lipinski definition) is 3. The number of hydrogen-bond donors (Lipinski definition) is 1. The highest BCUT2D eigenvalue weighted by molar-refractivity contribution is 7.85. The third kappa shape index (κ3) is 3.28. The zero-order valence-electron chi connectivity index (χ0n) is 9.71. The minimum Gasteiger partial charge on any atom is -0.339 e. The summed E-state index contributed by atoms with van der Waals surface area (Å²) < 4.78 is 11.2. The highest BCUT2D eigenvalue weighted by atomic mass is 32.2. The van der Waals surface area contributed by atoms with Gasteiger partial charge in [0.1, 0.15) is 0 Å². The Morgan fingerprint density at radius 2 is 1.93 bits per heavy atom. The molecule has 5 heteroatoms. The second-order valence-corrected chi connectivity index (χ2v) is 5.99. The van der Waals surface area contributed by atoms with E-state index in [9.17, 15) is 9.00 Å². The summed E-state index contributed by atoms with van der Waals surface area (Å²) in [6.07, 6.45) is 0. The second kappa shape index (κ2) is 5.07. The largest absolute Gasteiger partial charge is 0.339 e. The van der Waals surface area contributed by atoms with E-state index in [1.807, 2.05) is 25.7 Å². The second-order valence-electron chi connectivity index (χ2n) is 4.30. The van der Waals surface area contributed by atoms with Gasteiger partial charge >= 0.3 is 0 Å². The zero-order chi connectivity index (χ0) is 11.5. The molecule has 0 aromatic carbocycles. The van der Waals surface area contributed by atoms with Gasteiger partial charge in [-0.3, -0.25) is 9.00 Å². The highest BCUT2D eigenvalue weighted by Gasteiger charge is 2.32. The number of carbonyl (C=O) groups excluding carboxylic acids is 1. The highest BCUT2D eigenvalue weighted by Crippen LogP contribution is 2.10. The fraction of sp³-hybridized carbons (Fsp3) is 0.900. The lowest BCUT2D eigenvalue weighted by molar-refractivity contribution is -0.136. The first-order valence-corrected chi connectivity index (χ1v) is 6.85. The quantitative estimate of drug-likeness (QED) is 0.743. The Kier molecular flexibility index (Phi) is 4.28. The van der Waals surface area contributed by atoms with Crippen molar-refractivity contribution in [1.29, 1.82) is 0 Å². The van der Waals surface area contributed by atoms with Crippen LogP contribution in [0.15, 0.2) is 0 Å². The van der Waals surface area contributed by atoms with Crippen LogP contribution >= 0.6 is 0 Å². The molecule has 0 unspecified atom stereocenters. The molecule has 0 aliphatic carbocycles. The van der Waals surface area contributed by atoms with E-state index >= 15 is 0 Å². The summed E-state index contributed by atoms with van der Waals surface area (Å²) in [5, 5.41) is 3.16. The summed E-state index contributed by atoms with van der Waals surface area (Å²) in [5.41, 5.74) is -0.506. The van der Waals surface area contributed by atoms with E-state index in [1.54, 1.807) is 0 Å². The predicted molar refractivity (Wildman–Crippen MR) is 62.2 cm³/mol. The molecule has 1 saturated heterocycles. The fourth-order valence-corrected chi connectivity index (χ4v) is 2.81. The van der Waals surface area contributed by atoms with Gasteiger partial charge in [-0.05, 0) is 20.4 Å². The maximum absolute atomic E-state index is 12.1. The molecule has 0 bridgehead atoms. The van der Waals surface area contributed by atoms with Crippen molar-refractivity contribution in [2.45, 2.75) is 26.3 Å². The summed E-state index contributed by atoms with van der Waals surface area (Å²) in [7, 11) is -0.722. The van der Waals surface area contributed by atoms with E-state index in [-0.39, 0.29) is 5.91 Å². The van der Waals surface area contributed by atoms with Crippen LogP contribution in [0.3, 0.4) is 0 Å². The molecule has 1 fully saturated rings. The van der Waals surface area contributed by atoms with Crippen LogP contribution in [0.2, 0.25) is 0 Å². The molecule has 1 aliphatic rings. The lowest BCUT2D eigenvalue weighted by Gasteiger charge is -2.34. The molecule has 88 valence electrons. The molecular weight excluding hydrogens is 212 g/mol. The molecule has 1 rings (SSSR count). The van der Waals surface area contributed by atoms with Gasteiger partial charge in [-0.25, -0.2) is 0 Å². The molecule has 15 heavy (non-hydrogen) atoms. The van der Waals surface area contributed by atoms with Gasteiger partial charge in [0.05, 0.1) is 5.54 Å². The van der Waals surface area contributed by atoms with Crippen LogP contribution < -0.4 is 5.32 Å². The molecule has 0 aromatic rings. The van der Waals surface area contributed by atoms with Crippen molar-refractivity contribution in [2.24, 2.45) is 0 Å². The van der Waals surface area contributed by atoms with Crippen molar-refractivity contribution >= 4 is 16.7 Å². The van der Waals surface area contributed by atoms with Crippen molar-refractivity contribution < 1.29 is 9.00 Å². The van der Waals surface area contributed by atoms with Gasteiger partial charge in [0.2, 0.25) is 5.91 Å². The Hall–Kier alpha value is -0.420. The Morgan fingerprint density at radius 1 is 1.40 bits per heavy atom. The number of nitrogens with zero attached hydrogens (tertiary/aromatic N) is 1.